The number of hydrogen-bond acceptors (Lipinski definition) is 5. The monoisotopic (exact) mass is 302 g/mol. The Labute approximate surface area is 127 Å². The maximum absolute atomic E-state index is 11.5. The van der Waals surface area contributed by atoms with E-state index < -0.39 is 0 Å². The zero-order valence-electron chi connectivity index (χ0n) is 11.9. The van der Waals surface area contributed by atoms with E-state index in [1.165, 1.54) is 0 Å². The maximum atomic E-state index is 11.5. The van der Waals surface area contributed by atoms with E-state index in [1.807, 2.05) is 19.1 Å². The molecule has 5 nitrogen and oxygen atoms in total. The Balaban J connectivity index is 1.67. The van der Waals surface area contributed by atoms with Gasteiger partial charge in [-0.05, 0) is 31.0 Å². The molecule has 0 bridgehead atoms. The van der Waals surface area contributed by atoms with Gasteiger partial charge in [0.25, 0.3) is 0 Å². The van der Waals surface area contributed by atoms with Crippen molar-refractivity contribution in [3.8, 4) is 0 Å². The van der Waals surface area contributed by atoms with Crippen LogP contribution in [0.3, 0.4) is 0 Å². The third kappa shape index (κ3) is 3.16. The number of rotatable bonds is 4. The molecule has 1 aromatic carbocycles. The van der Waals surface area contributed by atoms with Crippen molar-refractivity contribution in [1.29, 1.82) is 0 Å². The summed E-state index contributed by atoms with van der Waals surface area (Å²) in [5.41, 5.74) is 10.7. The van der Waals surface area contributed by atoms with Crippen LogP contribution in [0.5, 0.6) is 0 Å². The average Bonchev–Trinajstić information content (AvgIpc) is 2.85. The lowest BCUT2D eigenvalue weighted by Gasteiger charge is -2.19. The average molecular weight is 302 g/mol. The van der Waals surface area contributed by atoms with Crippen molar-refractivity contribution in [3.05, 3.63) is 33.8 Å². The molecule has 0 radical (unpaired) electrons. The van der Waals surface area contributed by atoms with Crippen LogP contribution in [0, 0.1) is 6.92 Å². The van der Waals surface area contributed by atoms with E-state index in [0.717, 1.165) is 52.7 Å². The minimum Gasteiger partial charge on any atom is -0.397 e. The minimum atomic E-state index is 0.0662. The normalized spacial score (nSPS) is 13.7. The van der Waals surface area contributed by atoms with Crippen LogP contribution in [-0.2, 0) is 17.6 Å². The van der Waals surface area contributed by atoms with Gasteiger partial charge in [0.2, 0.25) is 5.91 Å². The highest BCUT2D eigenvalue weighted by atomic mass is 32.1. The van der Waals surface area contributed by atoms with Gasteiger partial charge in [-0.25, -0.2) is 4.98 Å². The van der Waals surface area contributed by atoms with Crippen LogP contribution < -0.4 is 16.4 Å². The topological polar surface area (TPSA) is 80.0 Å². The van der Waals surface area contributed by atoms with Crippen molar-refractivity contribution in [2.24, 2.45) is 0 Å². The number of carbonyl (C=O) groups excluding carboxylic acids is 1. The molecular formula is C15H18N4OS. The van der Waals surface area contributed by atoms with Crippen molar-refractivity contribution in [1.82, 2.24) is 4.98 Å². The van der Waals surface area contributed by atoms with E-state index >= 15 is 0 Å². The molecule has 0 saturated heterocycles. The number of benzene rings is 1. The van der Waals surface area contributed by atoms with Crippen LogP contribution in [0.25, 0.3) is 0 Å². The molecule has 2 heterocycles. The fourth-order valence-corrected chi connectivity index (χ4v) is 3.20. The highest BCUT2D eigenvalue weighted by Gasteiger charge is 2.16. The second-order valence-corrected chi connectivity index (χ2v) is 6.15. The fourth-order valence-electron chi connectivity index (χ4n) is 2.42. The number of aromatic nitrogens is 1. The van der Waals surface area contributed by atoms with Gasteiger partial charge in [-0.1, -0.05) is 0 Å². The van der Waals surface area contributed by atoms with Gasteiger partial charge in [-0.2, -0.15) is 0 Å². The summed E-state index contributed by atoms with van der Waals surface area (Å²) < 4.78 is 0. The lowest BCUT2D eigenvalue weighted by atomic mass is 10.0. The molecule has 2 aromatic rings. The molecule has 0 unspecified atom stereocenters. The van der Waals surface area contributed by atoms with E-state index in [2.05, 4.69) is 21.0 Å². The largest absolute Gasteiger partial charge is 0.397 e. The molecule has 6 heteroatoms. The molecule has 3 rings (SSSR count). The highest BCUT2D eigenvalue weighted by Crippen LogP contribution is 2.31. The van der Waals surface area contributed by atoms with Gasteiger partial charge in [0, 0.05) is 36.1 Å². The van der Waals surface area contributed by atoms with E-state index in [-0.39, 0.29) is 5.91 Å². The van der Waals surface area contributed by atoms with E-state index in [1.54, 1.807) is 11.3 Å². The Morgan fingerprint density at radius 1 is 1.43 bits per heavy atom. The Kier molecular flexibility index (Phi) is 3.79. The first kappa shape index (κ1) is 13.9. The Morgan fingerprint density at radius 2 is 2.29 bits per heavy atom. The minimum absolute atomic E-state index is 0.0662. The standard InChI is InChI=1S/C15H18N4OS/c1-9-8-21-15(18-9)4-5-17-13-7-12-10(6-11(13)16)2-3-14(20)19-12/h6-8,17H,2-5,16H2,1H3,(H,19,20). The molecule has 1 aliphatic rings. The molecule has 0 saturated carbocycles. The molecule has 0 aliphatic carbocycles. The van der Waals surface area contributed by atoms with Crippen LogP contribution in [0.4, 0.5) is 17.1 Å². The fraction of sp³-hybridized carbons (Fsp3) is 0.333. The predicted octanol–water partition coefficient (Wildman–Crippen LogP) is 2.57. The summed E-state index contributed by atoms with van der Waals surface area (Å²) in [6, 6.07) is 3.87. The lowest BCUT2D eigenvalue weighted by Crippen LogP contribution is -2.19. The Morgan fingerprint density at radius 3 is 3.05 bits per heavy atom. The molecule has 21 heavy (non-hydrogen) atoms. The molecule has 1 aromatic heterocycles. The second-order valence-electron chi connectivity index (χ2n) is 5.20. The van der Waals surface area contributed by atoms with Crippen LogP contribution >= 0.6 is 11.3 Å². The molecule has 0 fully saturated rings. The number of thiazole rings is 1. The van der Waals surface area contributed by atoms with Gasteiger partial charge in [0.05, 0.1) is 16.4 Å². The Hall–Kier alpha value is -2.08. The van der Waals surface area contributed by atoms with Crippen LogP contribution in [0.15, 0.2) is 17.5 Å². The van der Waals surface area contributed by atoms with Crippen molar-refractivity contribution in [2.45, 2.75) is 26.2 Å². The summed E-state index contributed by atoms with van der Waals surface area (Å²) in [6.07, 6.45) is 2.15. The quantitative estimate of drug-likeness (QED) is 0.758. The predicted molar refractivity (Wildman–Crippen MR) is 86.8 cm³/mol. The number of nitrogens with two attached hydrogens (primary N) is 1. The van der Waals surface area contributed by atoms with Gasteiger partial charge < -0.3 is 16.4 Å². The first-order chi connectivity index (χ1) is 10.1. The lowest BCUT2D eigenvalue weighted by molar-refractivity contribution is -0.116. The summed E-state index contributed by atoms with van der Waals surface area (Å²) in [5, 5.41) is 9.39. The second kappa shape index (κ2) is 5.73. The van der Waals surface area contributed by atoms with Crippen LogP contribution in [0.2, 0.25) is 0 Å². The van der Waals surface area contributed by atoms with Gasteiger partial charge in [0.1, 0.15) is 0 Å². The summed E-state index contributed by atoms with van der Waals surface area (Å²) in [6.45, 7) is 2.77. The number of nitrogens with zero attached hydrogens (tertiary/aromatic N) is 1. The third-order valence-corrected chi connectivity index (χ3v) is 4.52. The highest BCUT2D eigenvalue weighted by molar-refractivity contribution is 7.09. The zero-order valence-corrected chi connectivity index (χ0v) is 12.7. The maximum Gasteiger partial charge on any atom is 0.224 e. The molecule has 1 aliphatic heterocycles. The Bertz CT molecular complexity index is 680. The smallest absolute Gasteiger partial charge is 0.224 e. The molecule has 0 atom stereocenters. The van der Waals surface area contributed by atoms with E-state index in [0.29, 0.717) is 6.42 Å². The zero-order chi connectivity index (χ0) is 14.8. The number of nitrogen functional groups attached to an aromatic ring is 1. The molecule has 110 valence electrons. The third-order valence-electron chi connectivity index (χ3n) is 3.49. The van der Waals surface area contributed by atoms with Crippen molar-refractivity contribution in [2.75, 3.05) is 22.9 Å². The number of fused-ring (bicyclic) bond motifs is 1. The number of aryl methyl sites for hydroxylation is 2. The van der Waals surface area contributed by atoms with Gasteiger partial charge in [-0.3, -0.25) is 4.79 Å². The number of nitrogens with one attached hydrogen (secondary N) is 2. The molecule has 0 spiro atoms. The van der Waals surface area contributed by atoms with Gasteiger partial charge in [0.15, 0.2) is 0 Å². The summed E-state index contributed by atoms with van der Waals surface area (Å²) in [4.78, 5) is 15.9. The van der Waals surface area contributed by atoms with Gasteiger partial charge in [-0.15, -0.1) is 11.3 Å². The van der Waals surface area contributed by atoms with E-state index in [4.69, 9.17) is 5.73 Å². The summed E-state index contributed by atoms with van der Waals surface area (Å²) in [7, 11) is 0. The van der Waals surface area contributed by atoms with Gasteiger partial charge >= 0.3 is 0 Å². The number of hydrogen-bond donors (Lipinski definition) is 3. The van der Waals surface area contributed by atoms with E-state index in [9.17, 15) is 4.79 Å². The summed E-state index contributed by atoms with van der Waals surface area (Å²) >= 11 is 1.67. The first-order valence-corrected chi connectivity index (χ1v) is 7.87. The van der Waals surface area contributed by atoms with Crippen molar-refractivity contribution >= 4 is 34.3 Å². The van der Waals surface area contributed by atoms with Crippen LogP contribution in [0.1, 0.15) is 22.7 Å². The molecular weight excluding hydrogens is 284 g/mol. The van der Waals surface area contributed by atoms with Crippen LogP contribution in [-0.4, -0.2) is 17.4 Å². The molecule has 1 amide bonds. The molecule has 4 N–H and O–H groups in total. The van der Waals surface area contributed by atoms with Crippen molar-refractivity contribution < 1.29 is 4.79 Å². The van der Waals surface area contributed by atoms with Crippen molar-refractivity contribution in [3.63, 3.8) is 0 Å². The SMILES string of the molecule is Cc1csc(CCNc2cc3c(cc2N)CCC(=O)N3)n1. The first-order valence-electron chi connectivity index (χ1n) is 6.99. The number of amides is 1. The number of carbonyl (C=O) groups is 1. The summed E-state index contributed by atoms with van der Waals surface area (Å²) in [5.74, 6) is 0.0662. The number of anilines is 3.